The highest BCUT2D eigenvalue weighted by molar-refractivity contribution is 7.17. The van der Waals surface area contributed by atoms with E-state index >= 15 is 0 Å². The van der Waals surface area contributed by atoms with Crippen molar-refractivity contribution in [1.82, 2.24) is 34.5 Å². The van der Waals surface area contributed by atoms with Gasteiger partial charge in [0.15, 0.2) is 5.82 Å². The minimum absolute atomic E-state index is 0.0950. The molecule has 4 aromatic heterocycles. The average molecular weight is 394 g/mol. The third-order valence-corrected chi connectivity index (χ3v) is 5.98. The molecule has 1 saturated heterocycles. The van der Waals surface area contributed by atoms with Crippen molar-refractivity contribution in [2.75, 3.05) is 18.0 Å². The molecule has 5 rings (SSSR count). The predicted molar refractivity (Wildman–Crippen MR) is 106 cm³/mol. The van der Waals surface area contributed by atoms with Gasteiger partial charge in [-0.05, 0) is 36.3 Å². The largest absolute Gasteiger partial charge is 0.355 e. The third-order valence-electron chi connectivity index (χ3n) is 5.08. The van der Waals surface area contributed by atoms with Crippen LogP contribution >= 0.6 is 11.3 Å². The highest BCUT2D eigenvalue weighted by Gasteiger charge is 2.23. The maximum Gasteiger partial charge on any atom is 0.266 e. The van der Waals surface area contributed by atoms with E-state index in [1.807, 2.05) is 6.07 Å². The molecule has 0 unspecified atom stereocenters. The van der Waals surface area contributed by atoms with E-state index in [2.05, 4.69) is 35.4 Å². The SMILES string of the molecule is O=c1ccc(-n2cncn2)nn1CC1CCN(c2ncnc3ccsc23)CC1. The van der Waals surface area contributed by atoms with Gasteiger partial charge in [-0.2, -0.15) is 5.10 Å². The molecule has 0 aliphatic carbocycles. The molecular weight excluding hydrogens is 376 g/mol. The summed E-state index contributed by atoms with van der Waals surface area (Å²) in [6.07, 6.45) is 6.62. The lowest BCUT2D eigenvalue weighted by atomic mass is 9.97. The molecule has 1 aliphatic heterocycles. The Bertz CT molecular complexity index is 1140. The second kappa shape index (κ2) is 7.12. The van der Waals surface area contributed by atoms with Gasteiger partial charge in [0.1, 0.15) is 24.8 Å². The number of nitrogens with zero attached hydrogens (tertiary/aromatic N) is 8. The molecule has 1 aliphatic rings. The maximum absolute atomic E-state index is 12.2. The fraction of sp³-hybridized carbons (Fsp3) is 0.333. The van der Waals surface area contributed by atoms with Crippen molar-refractivity contribution in [2.45, 2.75) is 19.4 Å². The Labute approximate surface area is 164 Å². The number of anilines is 1. The second-order valence-electron chi connectivity index (χ2n) is 6.81. The summed E-state index contributed by atoms with van der Waals surface area (Å²) < 4.78 is 4.23. The highest BCUT2D eigenvalue weighted by atomic mass is 32.1. The quantitative estimate of drug-likeness (QED) is 0.520. The van der Waals surface area contributed by atoms with Crippen molar-refractivity contribution in [3.63, 3.8) is 0 Å². The number of aromatic nitrogens is 7. The van der Waals surface area contributed by atoms with E-state index in [9.17, 15) is 4.79 Å². The Morgan fingerprint density at radius 3 is 2.82 bits per heavy atom. The van der Waals surface area contributed by atoms with Crippen LogP contribution in [0.1, 0.15) is 12.8 Å². The topological polar surface area (TPSA) is 94.6 Å². The molecule has 28 heavy (non-hydrogen) atoms. The minimum atomic E-state index is -0.0950. The smallest absolute Gasteiger partial charge is 0.266 e. The first kappa shape index (κ1) is 17.0. The number of rotatable bonds is 4. The number of piperidine rings is 1. The zero-order valence-electron chi connectivity index (χ0n) is 15.0. The molecule has 4 aromatic rings. The molecule has 0 bridgehead atoms. The van der Waals surface area contributed by atoms with Crippen LogP contribution in [0.15, 0.2) is 47.4 Å². The van der Waals surface area contributed by atoms with Crippen LogP contribution in [0.3, 0.4) is 0 Å². The molecule has 0 atom stereocenters. The molecule has 0 N–H and O–H groups in total. The molecule has 0 aromatic carbocycles. The molecule has 9 nitrogen and oxygen atoms in total. The van der Waals surface area contributed by atoms with Crippen LogP contribution in [0.4, 0.5) is 5.82 Å². The lowest BCUT2D eigenvalue weighted by molar-refractivity contribution is 0.334. The predicted octanol–water partition coefficient (Wildman–Crippen LogP) is 1.75. The Kier molecular flexibility index (Phi) is 4.32. The molecular formula is C18H18N8OS. The fourth-order valence-electron chi connectivity index (χ4n) is 3.59. The molecule has 142 valence electrons. The summed E-state index contributed by atoms with van der Waals surface area (Å²) >= 11 is 1.68. The molecule has 1 fully saturated rings. The van der Waals surface area contributed by atoms with E-state index in [0.717, 1.165) is 42.0 Å². The Hall–Kier alpha value is -3.14. The first-order valence-corrected chi connectivity index (χ1v) is 10.0. The first-order chi connectivity index (χ1) is 13.8. The zero-order valence-corrected chi connectivity index (χ0v) is 15.9. The van der Waals surface area contributed by atoms with Gasteiger partial charge in [0, 0.05) is 25.7 Å². The summed E-state index contributed by atoms with van der Waals surface area (Å²) in [7, 11) is 0. The zero-order chi connectivity index (χ0) is 18.9. The van der Waals surface area contributed by atoms with Crippen LogP contribution in [0.5, 0.6) is 0 Å². The second-order valence-corrected chi connectivity index (χ2v) is 7.73. The van der Waals surface area contributed by atoms with E-state index in [1.54, 1.807) is 39.4 Å². The van der Waals surface area contributed by atoms with Crippen LogP contribution in [0.25, 0.3) is 16.0 Å². The molecule has 10 heteroatoms. The van der Waals surface area contributed by atoms with Gasteiger partial charge in [-0.3, -0.25) is 4.79 Å². The molecule has 0 radical (unpaired) electrons. The van der Waals surface area contributed by atoms with Crippen molar-refractivity contribution in [2.24, 2.45) is 5.92 Å². The maximum atomic E-state index is 12.2. The van der Waals surface area contributed by atoms with Gasteiger partial charge < -0.3 is 4.90 Å². The van der Waals surface area contributed by atoms with Crippen molar-refractivity contribution in [3.8, 4) is 5.82 Å². The third kappa shape index (κ3) is 3.15. The summed E-state index contributed by atoms with van der Waals surface area (Å²) in [5.41, 5.74) is 0.903. The van der Waals surface area contributed by atoms with Gasteiger partial charge in [0.2, 0.25) is 0 Å². The first-order valence-electron chi connectivity index (χ1n) is 9.14. The number of fused-ring (bicyclic) bond motifs is 1. The van der Waals surface area contributed by atoms with Gasteiger partial charge in [-0.1, -0.05) is 0 Å². The number of hydrogen-bond donors (Lipinski definition) is 0. The van der Waals surface area contributed by atoms with E-state index < -0.39 is 0 Å². The Morgan fingerprint density at radius 1 is 1.11 bits per heavy atom. The summed E-state index contributed by atoms with van der Waals surface area (Å²) in [6.45, 7) is 2.42. The molecule has 0 saturated carbocycles. The van der Waals surface area contributed by atoms with Crippen molar-refractivity contribution in [1.29, 1.82) is 0 Å². The summed E-state index contributed by atoms with van der Waals surface area (Å²) in [5, 5.41) is 10.6. The van der Waals surface area contributed by atoms with Gasteiger partial charge in [-0.15, -0.1) is 16.4 Å². The van der Waals surface area contributed by atoms with E-state index in [4.69, 9.17) is 0 Å². The van der Waals surface area contributed by atoms with E-state index in [0.29, 0.717) is 18.3 Å². The van der Waals surface area contributed by atoms with Crippen LogP contribution in [0.2, 0.25) is 0 Å². The van der Waals surface area contributed by atoms with Crippen LogP contribution in [-0.2, 0) is 6.54 Å². The van der Waals surface area contributed by atoms with Crippen LogP contribution in [0, 0.1) is 5.92 Å². The molecule has 5 heterocycles. The average Bonchev–Trinajstić information content (AvgIpc) is 3.42. The number of thiophene rings is 1. The Balaban J connectivity index is 1.30. The van der Waals surface area contributed by atoms with Crippen LogP contribution < -0.4 is 10.5 Å². The minimum Gasteiger partial charge on any atom is -0.355 e. The molecule has 0 amide bonds. The van der Waals surface area contributed by atoms with Crippen molar-refractivity contribution in [3.05, 3.63) is 52.9 Å². The standard InChI is InChI=1S/C18H18N8OS/c27-16-2-1-15(26-12-19-10-22-26)23-25(16)9-13-3-6-24(7-4-13)18-17-14(5-8-28-17)20-11-21-18/h1-2,5,8,10-13H,3-4,6-7,9H2. The lowest BCUT2D eigenvalue weighted by Crippen LogP contribution is -2.37. The summed E-state index contributed by atoms with van der Waals surface area (Å²) in [6, 6.07) is 5.23. The Morgan fingerprint density at radius 2 is 2.00 bits per heavy atom. The van der Waals surface area contributed by atoms with Gasteiger partial charge in [0.05, 0.1) is 10.2 Å². The number of hydrogen-bond acceptors (Lipinski definition) is 8. The normalized spacial score (nSPS) is 15.4. The summed E-state index contributed by atoms with van der Waals surface area (Å²) in [4.78, 5) is 27.3. The van der Waals surface area contributed by atoms with Gasteiger partial charge in [-0.25, -0.2) is 24.3 Å². The van der Waals surface area contributed by atoms with Gasteiger partial charge in [0.25, 0.3) is 5.56 Å². The van der Waals surface area contributed by atoms with E-state index in [1.165, 1.54) is 12.4 Å². The van der Waals surface area contributed by atoms with E-state index in [-0.39, 0.29) is 5.56 Å². The lowest BCUT2D eigenvalue weighted by Gasteiger charge is -2.32. The summed E-state index contributed by atoms with van der Waals surface area (Å²) in [5.74, 6) is 2.01. The molecule has 0 spiro atoms. The highest BCUT2D eigenvalue weighted by Crippen LogP contribution is 2.30. The van der Waals surface area contributed by atoms with Gasteiger partial charge >= 0.3 is 0 Å². The van der Waals surface area contributed by atoms with Crippen molar-refractivity contribution < 1.29 is 0 Å². The fourth-order valence-corrected chi connectivity index (χ4v) is 4.45. The van der Waals surface area contributed by atoms with Crippen LogP contribution in [-0.4, -0.2) is 47.6 Å². The van der Waals surface area contributed by atoms with Crippen molar-refractivity contribution >= 4 is 27.4 Å². The monoisotopic (exact) mass is 394 g/mol.